The predicted molar refractivity (Wildman–Crippen MR) is 225 cm³/mol. The molecule has 332 valence electrons. The van der Waals surface area contributed by atoms with E-state index in [0.717, 1.165) is 33.9 Å². The van der Waals surface area contributed by atoms with Gasteiger partial charge in [-0.05, 0) is 73.9 Å². The molecule has 0 spiro atoms. The smallest absolute Gasteiger partial charge is 0.417 e. The molecule has 2 fully saturated rings. The van der Waals surface area contributed by atoms with E-state index in [1.54, 1.807) is 35.2 Å². The van der Waals surface area contributed by atoms with Crippen LogP contribution in [0, 0.1) is 16.7 Å². The van der Waals surface area contributed by atoms with Crippen LogP contribution < -0.4 is 25.6 Å². The number of anilines is 2. The van der Waals surface area contributed by atoms with Gasteiger partial charge in [0.25, 0.3) is 11.8 Å². The first-order valence-corrected chi connectivity index (χ1v) is 21.2. The van der Waals surface area contributed by atoms with Crippen molar-refractivity contribution in [3.8, 4) is 11.8 Å². The van der Waals surface area contributed by atoms with Crippen LogP contribution in [0.15, 0.2) is 65.6 Å². The zero-order chi connectivity index (χ0) is 44.9. The number of alkyl halides is 3. The van der Waals surface area contributed by atoms with E-state index in [-0.39, 0.29) is 35.7 Å². The number of piperidine rings is 1. The molecule has 2 saturated heterocycles. The fourth-order valence-corrected chi connectivity index (χ4v) is 9.25. The summed E-state index contributed by atoms with van der Waals surface area (Å²) in [7, 11) is 0. The maximum Gasteiger partial charge on any atom is 0.417 e. The number of nitrogens with zero attached hydrogens (tertiary/aromatic N) is 3. The topological polar surface area (TPSA) is 189 Å². The Kier molecular flexibility index (Phi) is 13.9. The number of ether oxygens (including phenoxy) is 4. The molecular weight excluding hydrogens is 846 g/mol. The van der Waals surface area contributed by atoms with E-state index >= 15 is 0 Å². The van der Waals surface area contributed by atoms with Gasteiger partial charge in [0.1, 0.15) is 24.6 Å². The molecule has 15 nitrogen and oxygen atoms in total. The lowest BCUT2D eigenvalue weighted by Gasteiger charge is -2.29. The molecule has 3 aromatic carbocycles. The van der Waals surface area contributed by atoms with Gasteiger partial charge in [0.05, 0.1) is 73.4 Å². The third-order valence-corrected chi connectivity index (χ3v) is 12.4. The van der Waals surface area contributed by atoms with E-state index in [1.165, 1.54) is 18.2 Å². The van der Waals surface area contributed by atoms with Crippen molar-refractivity contribution in [2.45, 2.75) is 45.1 Å². The number of hydrogen-bond donors (Lipinski definition) is 3. The first-order valence-electron chi connectivity index (χ1n) is 20.3. The van der Waals surface area contributed by atoms with E-state index in [2.05, 4.69) is 16.0 Å². The minimum absolute atomic E-state index is 0.0411. The Hall–Kier alpha value is -5.78. The number of amides is 4. The lowest BCUT2D eigenvalue weighted by molar-refractivity contribution is -0.138. The van der Waals surface area contributed by atoms with Gasteiger partial charge >= 0.3 is 6.18 Å². The van der Waals surface area contributed by atoms with Crippen molar-refractivity contribution in [3.63, 3.8) is 0 Å². The van der Waals surface area contributed by atoms with Crippen LogP contribution in [0.2, 0.25) is 0 Å². The number of benzene rings is 3. The quantitative estimate of drug-likeness (QED) is 0.115. The highest BCUT2D eigenvalue weighted by Gasteiger charge is 2.47. The average Bonchev–Trinajstić information content (AvgIpc) is 3.91. The van der Waals surface area contributed by atoms with Crippen molar-refractivity contribution >= 4 is 57.5 Å². The molecule has 2 atom stereocenters. The molecule has 0 aromatic heterocycles. The van der Waals surface area contributed by atoms with Crippen molar-refractivity contribution in [1.82, 2.24) is 15.5 Å². The first-order chi connectivity index (χ1) is 30.2. The normalized spacial score (nSPS) is 19.8. The number of thioether (sulfide) groups is 1. The summed E-state index contributed by atoms with van der Waals surface area (Å²) in [6.45, 7) is 7.06. The molecule has 1 unspecified atom stereocenters. The molecule has 0 aliphatic carbocycles. The van der Waals surface area contributed by atoms with Crippen LogP contribution in [0.5, 0.6) is 5.75 Å². The SMILES string of the molecule is CC1(C)C(=O)SC(C2NCCN2c2ccc(C#N)c(C(F)(F)F)c2)=C1c1ccc(OCCOCCOCCOCCNc2cccc3c2C(=O)N([C@@H]2CCC(=O)NC2=O)C3=O)cc1. The van der Waals surface area contributed by atoms with Gasteiger partial charge in [-0.25, -0.2) is 0 Å². The number of carbonyl (C=O) groups excluding carboxylic acids is 5. The number of fused-ring (bicyclic) bond motifs is 1. The third kappa shape index (κ3) is 9.75. The standard InChI is InChI=1S/C44H45F3N6O9S/c1-43(2)36(37(63-42(43)58)38-50-14-16-52(38)28-9-6-27(25-48)31(24-28)44(45,46)47)26-7-10-29(11-8-26)62-23-22-61-21-20-60-19-18-59-17-15-49-32-5-3-4-30-35(32)41(57)53(40(30)56)33-12-13-34(54)51-39(33)55/h3-11,24,33,38,49-50H,12-23H2,1-2H3,(H,51,54,55)/t33-,38?/m1/s1. The molecule has 4 heterocycles. The van der Waals surface area contributed by atoms with Gasteiger partial charge in [0.15, 0.2) is 0 Å². The minimum Gasteiger partial charge on any atom is -0.491 e. The summed E-state index contributed by atoms with van der Waals surface area (Å²) in [5.74, 6) is -1.68. The molecule has 4 amide bonds. The van der Waals surface area contributed by atoms with Gasteiger partial charge in [0, 0.05) is 42.3 Å². The fourth-order valence-electron chi connectivity index (χ4n) is 7.90. The molecule has 0 saturated carbocycles. The van der Waals surface area contributed by atoms with Crippen LogP contribution in [0.25, 0.3) is 5.57 Å². The Labute approximate surface area is 365 Å². The van der Waals surface area contributed by atoms with E-state index in [0.29, 0.717) is 81.3 Å². The number of nitriles is 1. The Balaban J connectivity index is 0.809. The second-order valence-electron chi connectivity index (χ2n) is 15.5. The predicted octanol–water partition coefficient (Wildman–Crippen LogP) is 4.97. The molecule has 3 N–H and O–H groups in total. The van der Waals surface area contributed by atoms with Gasteiger partial charge in [0.2, 0.25) is 16.9 Å². The molecular formula is C44H45F3N6O9S. The van der Waals surface area contributed by atoms with Gasteiger partial charge in [-0.2, -0.15) is 18.4 Å². The molecule has 0 radical (unpaired) electrons. The highest BCUT2D eigenvalue weighted by atomic mass is 32.2. The lowest BCUT2D eigenvalue weighted by Crippen LogP contribution is -2.54. The fraction of sp³-hybridized carbons (Fsp3) is 0.409. The van der Waals surface area contributed by atoms with Crippen LogP contribution in [-0.2, 0) is 34.8 Å². The maximum absolute atomic E-state index is 13.8. The number of imide groups is 2. The molecule has 19 heteroatoms. The van der Waals surface area contributed by atoms with Crippen LogP contribution in [-0.4, -0.2) is 112 Å². The number of allylic oxidation sites excluding steroid dienone is 1. The van der Waals surface area contributed by atoms with E-state index < -0.39 is 58.6 Å². The van der Waals surface area contributed by atoms with Gasteiger partial charge in [-0.15, -0.1) is 0 Å². The monoisotopic (exact) mass is 890 g/mol. The van der Waals surface area contributed by atoms with Crippen LogP contribution in [0.4, 0.5) is 24.5 Å². The molecule has 3 aromatic rings. The summed E-state index contributed by atoms with van der Waals surface area (Å²) in [5.41, 5.74) is 0.341. The largest absolute Gasteiger partial charge is 0.491 e. The number of nitrogens with one attached hydrogen (secondary N) is 3. The summed E-state index contributed by atoms with van der Waals surface area (Å²) in [4.78, 5) is 66.9. The first kappa shape index (κ1) is 45.3. The van der Waals surface area contributed by atoms with Crippen LogP contribution in [0.1, 0.15) is 64.1 Å². The minimum atomic E-state index is -4.70. The van der Waals surface area contributed by atoms with Crippen molar-refractivity contribution in [3.05, 3.63) is 93.4 Å². The Morgan fingerprint density at radius 2 is 1.60 bits per heavy atom. The van der Waals surface area contributed by atoms with Crippen molar-refractivity contribution in [2.24, 2.45) is 5.41 Å². The highest BCUT2D eigenvalue weighted by molar-refractivity contribution is 8.17. The Morgan fingerprint density at radius 1 is 0.905 bits per heavy atom. The van der Waals surface area contributed by atoms with Crippen molar-refractivity contribution in [2.75, 3.05) is 76.1 Å². The van der Waals surface area contributed by atoms with E-state index in [9.17, 15) is 42.4 Å². The Morgan fingerprint density at radius 3 is 2.29 bits per heavy atom. The second-order valence-corrected chi connectivity index (χ2v) is 16.5. The molecule has 0 bridgehead atoms. The maximum atomic E-state index is 13.8. The lowest BCUT2D eigenvalue weighted by atomic mass is 9.81. The van der Waals surface area contributed by atoms with Gasteiger partial charge < -0.3 is 29.2 Å². The van der Waals surface area contributed by atoms with Crippen molar-refractivity contribution in [1.29, 1.82) is 5.26 Å². The van der Waals surface area contributed by atoms with Crippen LogP contribution in [0.3, 0.4) is 0 Å². The van der Waals surface area contributed by atoms with E-state index in [4.69, 9.17) is 18.9 Å². The molecule has 63 heavy (non-hydrogen) atoms. The van der Waals surface area contributed by atoms with E-state index in [1.807, 2.05) is 26.0 Å². The highest BCUT2D eigenvalue weighted by Crippen LogP contribution is 2.53. The zero-order valence-corrected chi connectivity index (χ0v) is 35.3. The van der Waals surface area contributed by atoms with Crippen molar-refractivity contribution < 1.29 is 56.1 Å². The summed E-state index contributed by atoms with van der Waals surface area (Å²) in [6, 6.07) is 16.4. The molecule has 4 aliphatic heterocycles. The Bertz CT molecular complexity index is 2350. The van der Waals surface area contributed by atoms with Gasteiger partial charge in [-0.3, -0.25) is 39.5 Å². The van der Waals surface area contributed by atoms with Gasteiger partial charge in [-0.1, -0.05) is 30.0 Å². The summed E-state index contributed by atoms with van der Waals surface area (Å²) in [5, 5.41) is 17.9. The summed E-state index contributed by atoms with van der Waals surface area (Å²) < 4.78 is 64.1. The molecule has 4 aliphatic rings. The summed E-state index contributed by atoms with van der Waals surface area (Å²) >= 11 is 1.09. The summed E-state index contributed by atoms with van der Waals surface area (Å²) in [6.07, 6.45) is -5.13. The molecule has 7 rings (SSSR count). The third-order valence-electron chi connectivity index (χ3n) is 11.0. The number of carbonyl (C=O) groups is 5. The zero-order valence-electron chi connectivity index (χ0n) is 34.5. The second kappa shape index (κ2) is 19.3. The van der Waals surface area contributed by atoms with Crippen LogP contribution >= 0.6 is 11.8 Å². The number of rotatable bonds is 18. The number of halogens is 3. The average molecular weight is 891 g/mol. The number of hydrogen-bond acceptors (Lipinski definition) is 14.